The van der Waals surface area contributed by atoms with E-state index in [2.05, 4.69) is 32.3 Å². The summed E-state index contributed by atoms with van der Waals surface area (Å²) >= 11 is 0. The molecule has 0 atom stereocenters. The molecule has 0 bridgehead atoms. The molecule has 0 fully saturated rings. The first-order chi connectivity index (χ1) is 12.8. The maximum atomic E-state index is 5.80. The van der Waals surface area contributed by atoms with Gasteiger partial charge in [-0.15, -0.1) is 0 Å². The normalized spacial score (nSPS) is 12.6. The Bertz CT molecular complexity index is 987. The van der Waals surface area contributed by atoms with Crippen molar-refractivity contribution >= 4 is 11.9 Å². The van der Waals surface area contributed by atoms with E-state index in [1.54, 1.807) is 6.20 Å². The van der Waals surface area contributed by atoms with Crippen LogP contribution in [0.25, 0.3) is 6.20 Å². The molecule has 2 aromatic carbocycles. The highest BCUT2D eigenvalue weighted by Gasteiger charge is 2.10. The second-order valence-corrected chi connectivity index (χ2v) is 6.05. The Morgan fingerprint density at radius 2 is 1.81 bits per heavy atom. The number of nitrogens with zero attached hydrogens (tertiary/aromatic N) is 4. The molecule has 26 heavy (non-hydrogen) atoms. The number of fused-ring (bicyclic) bond motifs is 1. The van der Waals surface area contributed by atoms with Crippen LogP contribution in [0.4, 0.5) is 5.69 Å². The Labute approximate surface area is 152 Å². The average Bonchev–Trinajstić information content (AvgIpc) is 2.72. The lowest BCUT2D eigenvalue weighted by Gasteiger charge is -2.32. The quantitative estimate of drug-likeness (QED) is 0.712. The van der Waals surface area contributed by atoms with Crippen LogP contribution in [0.2, 0.25) is 0 Å². The van der Waals surface area contributed by atoms with E-state index in [1.807, 2.05) is 67.7 Å². The molecule has 5 nitrogen and oxygen atoms in total. The monoisotopic (exact) mass is 344 g/mol. The Balaban J connectivity index is 1.44. The molecule has 0 unspecified atom stereocenters. The molecule has 0 aliphatic carbocycles. The van der Waals surface area contributed by atoms with E-state index in [9.17, 15) is 0 Å². The summed E-state index contributed by atoms with van der Waals surface area (Å²) < 4.78 is 5.80. The van der Waals surface area contributed by atoms with Crippen molar-refractivity contribution in [3.63, 3.8) is 0 Å². The van der Waals surface area contributed by atoms with Gasteiger partial charge in [0.15, 0.2) is 0 Å². The van der Waals surface area contributed by atoms with Crippen molar-refractivity contribution in [2.24, 2.45) is 4.99 Å². The van der Waals surface area contributed by atoms with Crippen molar-refractivity contribution in [3.8, 4) is 5.75 Å². The molecule has 0 N–H and O–H groups in total. The van der Waals surface area contributed by atoms with Gasteiger partial charge in [-0.05, 0) is 42.5 Å². The van der Waals surface area contributed by atoms with E-state index in [0.717, 1.165) is 27.7 Å². The van der Waals surface area contributed by atoms with E-state index >= 15 is 0 Å². The molecule has 3 aromatic rings. The lowest BCUT2D eigenvalue weighted by molar-refractivity contribution is 0.301. The van der Waals surface area contributed by atoms with Crippen molar-refractivity contribution in [1.29, 1.82) is 0 Å². The predicted octanol–water partition coefficient (Wildman–Crippen LogP) is 2.34. The number of hydrogen-bond donors (Lipinski definition) is 0. The van der Waals surface area contributed by atoms with Crippen molar-refractivity contribution in [3.05, 3.63) is 89.2 Å². The Hall–Kier alpha value is -3.34. The van der Waals surface area contributed by atoms with Gasteiger partial charge in [0.1, 0.15) is 19.0 Å². The topological polar surface area (TPSA) is 41.0 Å². The maximum Gasteiger partial charge on any atom is 0.130 e. The second kappa shape index (κ2) is 7.27. The van der Waals surface area contributed by atoms with Crippen molar-refractivity contribution in [1.82, 2.24) is 9.99 Å². The third-order valence-electron chi connectivity index (χ3n) is 4.32. The summed E-state index contributed by atoms with van der Waals surface area (Å²) in [6.07, 6.45) is 3.89. The van der Waals surface area contributed by atoms with Crippen LogP contribution in [0, 0.1) is 0 Å². The van der Waals surface area contributed by atoms with E-state index in [1.165, 1.54) is 0 Å². The fourth-order valence-electron chi connectivity index (χ4n) is 2.82. The smallest absolute Gasteiger partial charge is 0.130 e. The van der Waals surface area contributed by atoms with Crippen LogP contribution in [-0.2, 0) is 6.61 Å². The van der Waals surface area contributed by atoms with Crippen LogP contribution < -0.4 is 20.3 Å². The standard InChI is InChI=1S/C21H20N4O/c1-24(25-14-17-6-2-3-8-21(17)23-16-25)19-9-11-20(12-10-19)26-15-18-7-4-5-13-22-18/h2-14H,15-16H2,1H3. The lowest BCUT2D eigenvalue weighted by atomic mass is 10.2. The first-order valence-corrected chi connectivity index (χ1v) is 8.54. The van der Waals surface area contributed by atoms with E-state index in [0.29, 0.717) is 13.3 Å². The Morgan fingerprint density at radius 1 is 1.00 bits per heavy atom. The Morgan fingerprint density at radius 3 is 2.62 bits per heavy atom. The molecule has 0 spiro atoms. The molecule has 2 heterocycles. The molecule has 0 radical (unpaired) electrons. The number of para-hydroxylation sites is 1. The number of hydrogen-bond acceptors (Lipinski definition) is 5. The van der Waals surface area contributed by atoms with Crippen molar-refractivity contribution in [2.45, 2.75) is 6.61 Å². The minimum atomic E-state index is 0.464. The molecule has 1 aromatic heterocycles. The zero-order valence-electron chi connectivity index (χ0n) is 14.6. The molecule has 1 aliphatic rings. The first kappa shape index (κ1) is 16.1. The fourth-order valence-corrected chi connectivity index (χ4v) is 2.82. The van der Waals surface area contributed by atoms with Crippen molar-refractivity contribution < 1.29 is 4.74 Å². The van der Waals surface area contributed by atoms with Crippen LogP contribution in [0.3, 0.4) is 0 Å². The van der Waals surface area contributed by atoms with E-state index < -0.39 is 0 Å². The largest absolute Gasteiger partial charge is 0.487 e. The van der Waals surface area contributed by atoms with Gasteiger partial charge in [-0.25, -0.2) is 0 Å². The molecular formula is C21H20N4O. The number of benzene rings is 2. The van der Waals surface area contributed by atoms with Gasteiger partial charge < -0.3 is 4.74 Å². The minimum Gasteiger partial charge on any atom is -0.487 e. The highest BCUT2D eigenvalue weighted by Crippen LogP contribution is 2.21. The number of hydrazine groups is 1. The van der Waals surface area contributed by atoms with Crippen molar-refractivity contribution in [2.75, 3.05) is 18.7 Å². The third-order valence-corrected chi connectivity index (χ3v) is 4.32. The maximum absolute atomic E-state index is 5.80. The number of pyridine rings is 1. The molecule has 4 rings (SSSR count). The van der Waals surface area contributed by atoms with Gasteiger partial charge in [0.05, 0.1) is 16.7 Å². The fraction of sp³-hybridized carbons (Fsp3) is 0.143. The zero-order chi connectivity index (χ0) is 17.8. The highest BCUT2D eigenvalue weighted by atomic mass is 16.5. The summed E-state index contributed by atoms with van der Waals surface area (Å²) in [5.41, 5.74) is 1.98. The minimum absolute atomic E-state index is 0.464. The molecular weight excluding hydrogens is 324 g/mol. The Kier molecular flexibility index (Phi) is 4.51. The molecule has 0 amide bonds. The van der Waals surface area contributed by atoms with E-state index in [4.69, 9.17) is 4.74 Å². The second-order valence-electron chi connectivity index (χ2n) is 6.05. The summed E-state index contributed by atoms with van der Waals surface area (Å²) in [7, 11) is 2.03. The van der Waals surface area contributed by atoms with Crippen LogP contribution in [0.5, 0.6) is 5.75 Å². The number of ether oxygens (including phenoxy) is 1. The lowest BCUT2D eigenvalue weighted by Crippen LogP contribution is -2.43. The van der Waals surface area contributed by atoms with Gasteiger partial charge in [0.2, 0.25) is 0 Å². The highest BCUT2D eigenvalue weighted by molar-refractivity contribution is 5.49. The third kappa shape index (κ3) is 3.52. The predicted molar refractivity (Wildman–Crippen MR) is 102 cm³/mol. The number of aromatic nitrogens is 1. The van der Waals surface area contributed by atoms with Crippen LogP contribution >= 0.6 is 0 Å². The number of rotatable bonds is 5. The molecule has 0 saturated heterocycles. The summed E-state index contributed by atoms with van der Waals surface area (Å²) in [5.74, 6) is 0.824. The zero-order valence-corrected chi connectivity index (χ0v) is 14.6. The van der Waals surface area contributed by atoms with Crippen LogP contribution in [0.15, 0.2) is 77.9 Å². The summed E-state index contributed by atoms with van der Waals surface area (Å²) in [4.78, 5) is 8.89. The average molecular weight is 344 g/mol. The summed E-state index contributed by atoms with van der Waals surface area (Å²) in [5, 5.41) is 6.34. The van der Waals surface area contributed by atoms with Gasteiger partial charge in [0.25, 0.3) is 0 Å². The molecule has 0 saturated carbocycles. The SMILES string of the molecule is CN(c1ccc(OCc2ccccn2)cc1)N1C=c2ccccc2=NC1. The molecule has 1 aliphatic heterocycles. The summed E-state index contributed by atoms with van der Waals surface area (Å²) in [6, 6.07) is 22.0. The summed E-state index contributed by atoms with van der Waals surface area (Å²) in [6.45, 7) is 1.07. The molecule has 5 heteroatoms. The van der Waals surface area contributed by atoms with Gasteiger partial charge in [-0.1, -0.05) is 24.3 Å². The van der Waals surface area contributed by atoms with Gasteiger partial charge in [-0.3, -0.25) is 20.0 Å². The van der Waals surface area contributed by atoms with Crippen LogP contribution in [-0.4, -0.2) is 23.7 Å². The van der Waals surface area contributed by atoms with E-state index in [-0.39, 0.29) is 0 Å². The van der Waals surface area contributed by atoms with Gasteiger partial charge in [0, 0.05) is 24.7 Å². The van der Waals surface area contributed by atoms with Crippen LogP contribution in [0.1, 0.15) is 5.69 Å². The number of anilines is 1. The van der Waals surface area contributed by atoms with Gasteiger partial charge in [-0.2, -0.15) is 0 Å². The van der Waals surface area contributed by atoms with Gasteiger partial charge >= 0.3 is 0 Å². The molecule has 130 valence electrons. The first-order valence-electron chi connectivity index (χ1n) is 8.54.